The minimum atomic E-state index is -1.60. The van der Waals surface area contributed by atoms with Gasteiger partial charge in [0, 0.05) is 20.0 Å². The van der Waals surface area contributed by atoms with Crippen LogP contribution in [0.5, 0.6) is 0 Å². The molecule has 4 N–H and O–H groups in total. The van der Waals surface area contributed by atoms with E-state index in [1.807, 2.05) is 0 Å². The van der Waals surface area contributed by atoms with Gasteiger partial charge in [-0.15, -0.1) is 0 Å². The molecule has 0 spiro atoms. The lowest BCUT2D eigenvalue weighted by Gasteiger charge is -2.39. The fourth-order valence-corrected chi connectivity index (χ4v) is 1.69. The van der Waals surface area contributed by atoms with Gasteiger partial charge in [-0.05, 0) is 0 Å². The van der Waals surface area contributed by atoms with E-state index in [4.69, 9.17) is 9.84 Å². The Kier molecular flexibility index (Phi) is 3.10. The van der Waals surface area contributed by atoms with Crippen LogP contribution >= 0.6 is 0 Å². The summed E-state index contributed by atoms with van der Waals surface area (Å²) in [5.74, 6) is -1.25. The van der Waals surface area contributed by atoms with Gasteiger partial charge in [-0.1, -0.05) is 0 Å². The molecule has 1 aliphatic carbocycles. The topological polar surface area (TPSA) is 107 Å². The van der Waals surface area contributed by atoms with Crippen LogP contribution in [0.25, 0.3) is 0 Å². The van der Waals surface area contributed by atoms with Gasteiger partial charge >= 0.3 is 5.97 Å². The van der Waals surface area contributed by atoms with Crippen molar-refractivity contribution in [3.8, 4) is 0 Å². The van der Waals surface area contributed by atoms with Crippen LogP contribution in [0.2, 0.25) is 0 Å². The molecule has 0 aromatic rings. The van der Waals surface area contributed by atoms with Crippen LogP contribution in [-0.4, -0.2) is 57.4 Å². The number of hydrogen-bond acceptors (Lipinski definition) is 5. The maximum absolute atomic E-state index is 10.9. The number of carbonyl (C=O) groups is 1. The Morgan fingerprint density at radius 3 is 2.00 bits per heavy atom. The van der Waals surface area contributed by atoms with Crippen molar-refractivity contribution >= 4 is 5.97 Å². The monoisotopic (exact) mass is 206 g/mol. The van der Waals surface area contributed by atoms with Crippen LogP contribution in [-0.2, 0) is 9.53 Å². The molecule has 0 aliphatic heterocycles. The Morgan fingerprint density at radius 1 is 1.29 bits per heavy atom. The quantitative estimate of drug-likeness (QED) is 0.430. The van der Waals surface area contributed by atoms with E-state index in [1.165, 1.54) is 7.11 Å². The zero-order chi connectivity index (χ0) is 10.9. The number of aliphatic hydroxyl groups is 3. The maximum Gasteiger partial charge on any atom is 0.336 e. The van der Waals surface area contributed by atoms with Crippen molar-refractivity contribution in [1.82, 2.24) is 0 Å². The Balaban J connectivity index is 2.86. The molecule has 1 fully saturated rings. The van der Waals surface area contributed by atoms with Gasteiger partial charge in [0.05, 0.1) is 12.2 Å². The van der Waals surface area contributed by atoms with Crippen molar-refractivity contribution in [2.45, 2.75) is 36.8 Å². The molecule has 6 heteroatoms. The third-order valence-electron chi connectivity index (χ3n) is 2.65. The summed E-state index contributed by atoms with van der Waals surface area (Å²) in [6.07, 6.45) is -4.32. The molecule has 0 amide bonds. The van der Waals surface area contributed by atoms with Crippen molar-refractivity contribution in [3.05, 3.63) is 0 Å². The first-order chi connectivity index (χ1) is 6.43. The summed E-state index contributed by atoms with van der Waals surface area (Å²) in [7, 11) is 1.20. The number of hydrogen-bond donors (Lipinski definition) is 4. The lowest BCUT2D eigenvalue weighted by atomic mass is 9.79. The van der Waals surface area contributed by atoms with Crippen molar-refractivity contribution in [2.24, 2.45) is 0 Å². The maximum atomic E-state index is 10.9. The van der Waals surface area contributed by atoms with Gasteiger partial charge in [-0.3, -0.25) is 0 Å². The lowest BCUT2D eigenvalue weighted by molar-refractivity contribution is -0.193. The third-order valence-corrected chi connectivity index (χ3v) is 2.65. The molecule has 2 atom stereocenters. The van der Waals surface area contributed by atoms with E-state index in [9.17, 15) is 20.1 Å². The minimum Gasteiger partial charge on any atom is -0.479 e. The molecule has 0 radical (unpaired) electrons. The van der Waals surface area contributed by atoms with E-state index in [1.54, 1.807) is 0 Å². The molecule has 0 unspecified atom stereocenters. The predicted octanol–water partition coefficient (Wildman–Crippen LogP) is -1.67. The normalized spacial score (nSPS) is 43.6. The predicted molar refractivity (Wildman–Crippen MR) is 44.6 cm³/mol. The van der Waals surface area contributed by atoms with Gasteiger partial charge in [-0.2, -0.15) is 0 Å². The molecule has 82 valence electrons. The fourth-order valence-electron chi connectivity index (χ4n) is 1.69. The molecule has 1 saturated carbocycles. The van der Waals surface area contributed by atoms with Crippen LogP contribution in [0.3, 0.4) is 0 Å². The van der Waals surface area contributed by atoms with Gasteiger partial charge in [0.2, 0.25) is 0 Å². The van der Waals surface area contributed by atoms with Gasteiger partial charge < -0.3 is 25.2 Å². The lowest BCUT2D eigenvalue weighted by Crippen LogP contribution is -2.56. The van der Waals surface area contributed by atoms with Crippen molar-refractivity contribution in [3.63, 3.8) is 0 Å². The summed E-state index contributed by atoms with van der Waals surface area (Å²) < 4.78 is 4.80. The molecule has 0 aromatic carbocycles. The highest BCUT2D eigenvalue weighted by atomic mass is 16.5. The van der Waals surface area contributed by atoms with Crippen LogP contribution in [0, 0.1) is 0 Å². The number of carboxylic acids is 1. The van der Waals surface area contributed by atoms with Crippen LogP contribution in [0.15, 0.2) is 0 Å². The first-order valence-corrected chi connectivity index (χ1v) is 4.25. The number of ether oxygens (including phenoxy) is 1. The summed E-state index contributed by atoms with van der Waals surface area (Å²) in [6, 6.07) is 0. The summed E-state index contributed by atoms with van der Waals surface area (Å²) in [5.41, 5.74) is -1.60. The smallest absolute Gasteiger partial charge is 0.336 e. The van der Waals surface area contributed by atoms with Gasteiger partial charge in [0.25, 0.3) is 0 Å². The second-order valence-corrected chi connectivity index (χ2v) is 3.54. The van der Waals surface area contributed by atoms with Gasteiger partial charge in [-0.25, -0.2) is 4.79 Å². The molecule has 1 rings (SSSR count). The summed E-state index contributed by atoms with van der Waals surface area (Å²) >= 11 is 0. The molecule has 14 heavy (non-hydrogen) atoms. The highest BCUT2D eigenvalue weighted by molar-refractivity contribution is 5.77. The first-order valence-electron chi connectivity index (χ1n) is 4.25. The van der Waals surface area contributed by atoms with E-state index < -0.39 is 29.9 Å². The minimum absolute atomic E-state index is 0.225. The third kappa shape index (κ3) is 1.74. The van der Waals surface area contributed by atoms with Crippen molar-refractivity contribution in [1.29, 1.82) is 0 Å². The summed E-state index contributed by atoms with van der Waals surface area (Å²) in [5, 5.41) is 36.7. The van der Waals surface area contributed by atoms with Crippen LogP contribution < -0.4 is 0 Å². The van der Waals surface area contributed by atoms with Crippen LogP contribution in [0.4, 0.5) is 0 Å². The highest BCUT2D eigenvalue weighted by Gasteiger charge is 2.50. The Labute approximate surface area is 80.7 Å². The summed E-state index contributed by atoms with van der Waals surface area (Å²) in [6.45, 7) is 0. The molecule has 0 heterocycles. The number of rotatable bonds is 2. The largest absolute Gasteiger partial charge is 0.479 e. The number of carboxylic acid groups (broad SMARTS) is 1. The van der Waals surface area contributed by atoms with E-state index in [2.05, 4.69) is 0 Å². The fraction of sp³-hybridized carbons (Fsp3) is 0.875. The number of methoxy groups -OCH3 is 1. The molecule has 6 nitrogen and oxygen atoms in total. The van der Waals surface area contributed by atoms with Crippen molar-refractivity contribution < 1.29 is 30.0 Å². The van der Waals surface area contributed by atoms with E-state index >= 15 is 0 Å². The summed E-state index contributed by atoms with van der Waals surface area (Å²) in [4.78, 5) is 10.9. The van der Waals surface area contributed by atoms with E-state index in [0.717, 1.165) is 0 Å². The average Bonchev–Trinajstić information content (AvgIpc) is 2.13. The number of aliphatic carboxylic acids is 1. The van der Waals surface area contributed by atoms with Gasteiger partial charge in [0.1, 0.15) is 6.10 Å². The molecular weight excluding hydrogens is 192 g/mol. The van der Waals surface area contributed by atoms with E-state index in [-0.39, 0.29) is 12.8 Å². The number of aliphatic hydroxyl groups excluding tert-OH is 3. The zero-order valence-corrected chi connectivity index (χ0v) is 7.75. The molecule has 0 saturated heterocycles. The van der Waals surface area contributed by atoms with E-state index in [0.29, 0.717) is 0 Å². The van der Waals surface area contributed by atoms with Crippen LogP contribution in [0.1, 0.15) is 12.8 Å². The second kappa shape index (κ2) is 3.82. The molecule has 1 aliphatic rings. The standard InChI is InChI=1S/C8H14O6/c1-14-8(7(12)13)2-4(9)6(11)5(10)3-8/h4-6,9-11H,2-3H2,1H3,(H,12,13)/t4-,5-,6?,8?/m1/s1. The van der Waals surface area contributed by atoms with Gasteiger partial charge in [0.15, 0.2) is 5.60 Å². The average molecular weight is 206 g/mol. The highest BCUT2D eigenvalue weighted by Crippen LogP contribution is 2.32. The molecular formula is C8H14O6. The second-order valence-electron chi connectivity index (χ2n) is 3.54. The Morgan fingerprint density at radius 2 is 1.71 bits per heavy atom. The van der Waals surface area contributed by atoms with Crippen molar-refractivity contribution in [2.75, 3.05) is 7.11 Å². The Bertz CT molecular complexity index is 216. The Hall–Kier alpha value is -0.690. The zero-order valence-electron chi connectivity index (χ0n) is 7.75. The molecule has 0 aromatic heterocycles. The molecule has 0 bridgehead atoms. The SMILES string of the molecule is COC1(C(=O)O)C[C@@H](O)C(O)[C@H](O)C1. The first kappa shape index (κ1) is 11.4.